The number of halogens is 4. The van der Waals surface area contributed by atoms with Crippen molar-refractivity contribution in [1.29, 1.82) is 0 Å². The molecule has 154 valence electrons. The average Bonchev–Trinajstić information content (AvgIpc) is 2.70. The zero-order chi connectivity index (χ0) is 21.0. The number of amides is 2. The summed E-state index contributed by atoms with van der Waals surface area (Å²) in [5.41, 5.74) is -0.476. The summed E-state index contributed by atoms with van der Waals surface area (Å²) in [6, 6.07) is 6.81. The molecule has 0 saturated carbocycles. The molecule has 29 heavy (non-hydrogen) atoms. The molecule has 0 saturated heterocycles. The van der Waals surface area contributed by atoms with Crippen molar-refractivity contribution in [2.24, 2.45) is 0 Å². The van der Waals surface area contributed by atoms with Crippen LogP contribution in [0.1, 0.15) is 26.3 Å². The molecule has 1 aliphatic rings. The summed E-state index contributed by atoms with van der Waals surface area (Å²) in [4.78, 5) is 24.2. The van der Waals surface area contributed by atoms with Gasteiger partial charge in [0.25, 0.3) is 11.8 Å². The first-order valence-corrected chi connectivity index (χ1v) is 8.96. The van der Waals surface area contributed by atoms with Gasteiger partial charge in [-0.2, -0.15) is 13.2 Å². The summed E-state index contributed by atoms with van der Waals surface area (Å²) in [7, 11) is 0. The molecule has 0 atom stereocenters. The fourth-order valence-electron chi connectivity index (χ4n) is 2.61. The summed E-state index contributed by atoms with van der Waals surface area (Å²) in [6.07, 6.45) is -4.46. The number of nitrogens with one attached hydrogen (secondary N) is 2. The highest BCUT2D eigenvalue weighted by molar-refractivity contribution is 6.32. The normalized spacial score (nSPS) is 13.0. The summed E-state index contributed by atoms with van der Waals surface area (Å²) in [5, 5.41) is 5.38. The molecule has 2 N–H and O–H groups in total. The number of ether oxygens (including phenoxy) is 2. The maximum Gasteiger partial charge on any atom is 0.416 e. The lowest BCUT2D eigenvalue weighted by molar-refractivity contribution is -0.137. The van der Waals surface area contributed by atoms with Crippen LogP contribution in [-0.4, -0.2) is 38.1 Å². The van der Waals surface area contributed by atoms with E-state index in [0.717, 1.165) is 24.3 Å². The fraction of sp³-hybridized carbons (Fsp3) is 0.263. The second-order valence-corrected chi connectivity index (χ2v) is 6.48. The number of hydrogen-bond donors (Lipinski definition) is 2. The molecule has 3 rings (SSSR count). The van der Waals surface area contributed by atoms with E-state index in [2.05, 4.69) is 10.6 Å². The largest absolute Gasteiger partial charge is 0.486 e. The lowest BCUT2D eigenvalue weighted by Gasteiger charge is -2.20. The third kappa shape index (κ3) is 5.11. The Bertz CT molecular complexity index is 917. The van der Waals surface area contributed by atoms with Gasteiger partial charge in [-0.15, -0.1) is 0 Å². The number of carbonyl (C=O) groups excluding carboxylic acids is 2. The standard InChI is InChI=1S/C19H16ClF3N2O4/c20-14-9-12(10-15-16(14)29-8-7-28-15)18(27)25-6-5-24-17(26)11-1-3-13(4-2-11)19(21,22)23/h1-4,9-10H,5-8H2,(H,24,26)(H,25,27). The summed E-state index contributed by atoms with van der Waals surface area (Å²) in [5.74, 6) is -0.203. The third-order valence-corrected chi connectivity index (χ3v) is 4.31. The van der Waals surface area contributed by atoms with Gasteiger partial charge in [-0.3, -0.25) is 9.59 Å². The van der Waals surface area contributed by atoms with Crippen molar-refractivity contribution in [2.45, 2.75) is 6.18 Å². The van der Waals surface area contributed by atoms with Crippen LogP contribution in [0.5, 0.6) is 11.5 Å². The van der Waals surface area contributed by atoms with Gasteiger partial charge in [-0.05, 0) is 36.4 Å². The van der Waals surface area contributed by atoms with Crippen LogP contribution >= 0.6 is 11.6 Å². The van der Waals surface area contributed by atoms with E-state index in [1.807, 2.05) is 0 Å². The van der Waals surface area contributed by atoms with Crippen molar-refractivity contribution < 1.29 is 32.2 Å². The number of benzene rings is 2. The van der Waals surface area contributed by atoms with Crippen LogP contribution in [0.15, 0.2) is 36.4 Å². The monoisotopic (exact) mass is 428 g/mol. The molecule has 1 heterocycles. The second kappa shape index (κ2) is 8.60. The van der Waals surface area contributed by atoms with Gasteiger partial charge in [0.05, 0.1) is 10.6 Å². The molecule has 10 heteroatoms. The molecular formula is C19H16ClF3N2O4. The number of rotatable bonds is 5. The topological polar surface area (TPSA) is 76.7 Å². The summed E-state index contributed by atoms with van der Waals surface area (Å²) >= 11 is 6.09. The van der Waals surface area contributed by atoms with Gasteiger partial charge in [-0.25, -0.2) is 0 Å². The highest BCUT2D eigenvalue weighted by atomic mass is 35.5. The van der Waals surface area contributed by atoms with Gasteiger partial charge < -0.3 is 20.1 Å². The minimum Gasteiger partial charge on any atom is -0.486 e. The van der Waals surface area contributed by atoms with Crippen LogP contribution in [0, 0.1) is 0 Å². The van der Waals surface area contributed by atoms with E-state index >= 15 is 0 Å². The lowest BCUT2D eigenvalue weighted by atomic mass is 10.1. The van der Waals surface area contributed by atoms with Crippen LogP contribution in [-0.2, 0) is 6.18 Å². The Hall–Kier alpha value is -2.94. The van der Waals surface area contributed by atoms with Crippen LogP contribution in [0.25, 0.3) is 0 Å². The van der Waals surface area contributed by atoms with Crippen molar-refractivity contribution in [3.05, 3.63) is 58.1 Å². The van der Waals surface area contributed by atoms with Crippen molar-refractivity contribution >= 4 is 23.4 Å². The molecule has 6 nitrogen and oxygen atoms in total. The Labute approximate surface area is 168 Å². The fourth-order valence-corrected chi connectivity index (χ4v) is 2.87. The van der Waals surface area contributed by atoms with E-state index in [4.69, 9.17) is 21.1 Å². The second-order valence-electron chi connectivity index (χ2n) is 6.07. The van der Waals surface area contributed by atoms with Crippen molar-refractivity contribution in [3.63, 3.8) is 0 Å². The van der Waals surface area contributed by atoms with E-state index < -0.39 is 23.6 Å². The lowest BCUT2D eigenvalue weighted by Crippen LogP contribution is -2.34. The van der Waals surface area contributed by atoms with E-state index in [1.54, 1.807) is 0 Å². The Morgan fingerprint density at radius 2 is 1.52 bits per heavy atom. The number of carbonyl (C=O) groups is 2. The zero-order valence-electron chi connectivity index (χ0n) is 14.9. The van der Waals surface area contributed by atoms with Crippen molar-refractivity contribution in [3.8, 4) is 11.5 Å². The molecule has 2 aromatic carbocycles. The number of hydrogen-bond acceptors (Lipinski definition) is 4. The van der Waals surface area contributed by atoms with E-state index in [9.17, 15) is 22.8 Å². The molecule has 0 radical (unpaired) electrons. The number of fused-ring (bicyclic) bond motifs is 1. The Kier molecular flexibility index (Phi) is 6.17. The van der Waals surface area contributed by atoms with Crippen LogP contribution in [0.2, 0.25) is 5.02 Å². The summed E-state index contributed by atoms with van der Waals surface area (Å²) in [6.45, 7) is 0.919. The molecule has 0 aromatic heterocycles. The molecule has 0 aliphatic carbocycles. The van der Waals surface area contributed by atoms with Crippen molar-refractivity contribution in [1.82, 2.24) is 10.6 Å². The maximum absolute atomic E-state index is 12.5. The zero-order valence-corrected chi connectivity index (χ0v) is 15.7. The molecule has 2 amide bonds. The van der Waals surface area contributed by atoms with Crippen molar-refractivity contribution in [2.75, 3.05) is 26.3 Å². The molecule has 2 aromatic rings. The smallest absolute Gasteiger partial charge is 0.416 e. The Morgan fingerprint density at radius 3 is 2.14 bits per heavy atom. The third-order valence-electron chi connectivity index (χ3n) is 4.03. The minimum atomic E-state index is -4.46. The molecule has 1 aliphatic heterocycles. The first kappa shape index (κ1) is 20.8. The van der Waals surface area contributed by atoms with Gasteiger partial charge in [-0.1, -0.05) is 11.6 Å². The highest BCUT2D eigenvalue weighted by Crippen LogP contribution is 2.38. The maximum atomic E-state index is 12.5. The van der Waals surface area contributed by atoms with Crippen LogP contribution < -0.4 is 20.1 Å². The SMILES string of the molecule is O=C(NCCNC(=O)c1cc(Cl)c2c(c1)OCCO2)c1ccc(C(F)(F)F)cc1. The molecule has 0 bridgehead atoms. The molecule has 0 unspecified atom stereocenters. The predicted molar refractivity (Wildman–Crippen MR) is 98.6 cm³/mol. The quantitative estimate of drug-likeness (QED) is 0.716. The van der Waals surface area contributed by atoms with Gasteiger partial charge in [0.2, 0.25) is 0 Å². The van der Waals surface area contributed by atoms with Crippen LogP contribution in [0.4, 0.5) is 13.2 Å². The first-order chi connectivity index (χ1) is 13.8. The predicted octanol–water partition coefficient (Wildman–Crippen LogP) is 3.29. The number of alkyl halides is 3. The Balaban J connectivity index is 1.49. The molecule has 0 spiro atoms. The first-order valence-electron chi connectivity index (χ1n) is 8.58. The van der Waals surface area contributed by atoms with Gasteiger partial charge in [0, 0.05) is 24.2 Å². The molecule has 0 fully saturated rings. The minimum absolute atomic E-state index is 0.0861. The van der Waals surface area contributed by atoms with Gasteiger partial charge in [0.15, 0.2) is 11.5 Å². The highest BCUT2D eigenvalue weighted by Gasteiger charge is 2.30. The van der Waals surface area contributed by atoms with Crippen LogP contribution in [0.3, 0.4) is 0 Å². The van der Waals surface area contributed by atoms with Gasteiger partial charge in [0.1, 0.15) is 13.2 Å². The van der Waals surface area contributed by atoms with E-state index in [1.165, 1.54) is 12.1 Å². The van der Waals surface area contributed by atoms with Gasteiger partial charge >= 0.3 is 6.18 Å². The summed E-state index contributed by atoms with van der Waals surface area (Å²) < 4.78 is 48.4. The Morgan fingerprint density at radius 1 is 0.931 bits per heavy atom. The average molecular weight is 429 g/mol. The molecular weight excluding hydrogens is 413 g/mol. The van der Waals surface area contributed by atoms with E-state index in [-0.39, 0.29) is 29.2 Å². The van der Waals surface area contributed by atoms with E-state index in [0.29, 0.717) is 24.7 Å².